The van der Waals surface area contributed by atoms with E-state index in [0.29, 0.717) is 25.6 Å². The molecule has 3 rings (SSSR count). The molecule has 0 radical (unpaired) electrons. The predicted octanol–water partition coefficient (Wildman–Crippen LogP) is 2.83. The van der Waals surface area contributed by atoms with Crippen molar-refractivity contribution in [3.05, 3.63) is 48.0 Å². The monoisotopic (exact) mass is 357 g/mol. The molecular formula is C20H27N3O3. The Morgan fingerprint density at radius 3 is 2.73 bits per heavy atom. The number of hydrogen-bond donors (Lipinski definition) is 0. The summed E-state index contributed by atoms with van der Waals surface area (Å²) in [5.41, 5.74) is 2.15. The minimum atomic E-state index is 0.0646. The Morgan fingerprint density at radius 2 is 2.04 bits per heavy atom. The first-order valence-corrected chi connectivity index (χ1v) is 9.21. The molecule has 26 heavy (non-hydrogen) atoms. The van der Waals surface area contributed by atoms with E-state index < -0.39 is 0 Å². The normalized spacial score (nSPS) is 15.0. The zero-order valence-corrected chi connectivity index (χ0v) is 15.6. The Kier molecular flexibility index (Phi) is 6.28. The van der Waals surface area contributed by atoms with Crippen LogP contribution in [0, 0.1) is 0 Å². The van der Waals surface area contributed by atoms with Gasteiger partial charge >= 0.3 is 0 Å². The summed E-state index contributed by atoms with van der Waals surface area (Å²) < 4.78 is 12.7. The fourth-order valence-electron chi connectivity index (χ4n) is 3.16. The lowest BCUT2D eigenvalue weighted by Crippen LogP contribution is -2.29. The predicted molar refractivity (Wildman–Crippen MR) is 99.1 cm³/mol. The van der Waals surface area contributed by atoms with Gasteiger partial charge in [-0.25, -0.2) is 4.98 Å². The molecule has 0 spiro atoms. The van der Waals surface area contributed by atoms with Gasteiger partial charge in [0.15, 0.2) is 0 Å². The molecule has 1 amide bonds. The molecule has 0 atom stereocenters. The smallest absolute Gasteiger partial charge is 0.242 e. The van der Waals surface area contributed by atoms with Crippen molar-refractivity contribution < 1.29 is 14.3 Å². The van der Waals surface area contributed by atoms with Crippen molar-refractivity contribution in [3.63, 3.8) is 0 Å². The van der Waals surface area contributed by atoms with Crippen molar-refractivity contribution in [1.82, 2.24) is 14.5 Å². The molecule has 0 saturated carbocycles. The van der Waals surface area contributed by atoms with E-state index in [9.17, 15) is 4.79 Å². The van der Waals surface area contributed by atoms with Gasteiger partial charge in [-0.05, 0) is 37.5 Å². The molecule has 1 saturated heterocycles. The number of likely N-dealkylation sites (N-methyl/N-ethyl adjacent to an activating group) is 1. The van der Waals surface area contributed by atoms with Gasteiger partial charge in [-0.15, -0.1) is 0 Å². The van der Waals surface area contributed by atoms with Crippen LogP contribution in [-0.2, 0) is 22.6 Å². The summed E-state index contributed by atoms with van der Waals surface area (Å²) in [6.45, 7) is 5.08. The van der Waals surface area contributed by atoms with Crippen molar-refractivity contribution in [2.24, 2.45) is 0 Å². The number of amides is 1. The average molecular weight is 357 g/mol. The SMILES string of the molecule is CCOc1ccc(CN(C)C(=O)Cn2cnc(C3CCOCC3)c2)cc1. The number of carbonyl (C=O) groups excluding carboxylic acids is 1. The van der Waals surface area contributed by atoms with Crippen LogP contribution < -0.4 is 4.74 Å². The minimum Gasteiger partial charge on any atom is -0.494 e. The molecule has 1 fully saturated rings. The van der Waals surface area contributed by atoms with Crippen molar-refractivity contribution in [1.29, 1.82) is 0 Å². The summed E-state index contributed by atoms with van der Waals surface area (Å²) in [5.74, 6) is 1.36. The fraction of sp³-hybridized carbons (Fsp3) is 0.500. The zero-order valence-electron chi connectivity index (χ0n) is 15.6. The summed E-state index contributed by atoms with van der Waals surface area (Å²) in [6, 6.07) is 7.87. The molecule has 6 nitrogen and oxygen atoms in total. The van der Waals surface area contributed by atoms with Crippen LogP contribution in [0.3, 0.4) is 0 Å². The molecule has 140 valence electrons. The van der Waals surface area contributed by atoms with Crippen LogP contribution >= 0.6 is 0 Å². The van der Waals surface area contributed by atoms with Crippen molar-refractivity contribution in [2.75, 3.05) is 26.9 Å². The lowest BCUT2D eigenvalue weighted by Gasteiger charge is -2.20. The van der Waals surface area contributed by atoms with E-state index >= 15 is 0 Å². The van der Waals surface area contributed by atoms with Gasteiger partial charge in [-0.2, -0.15) is 0 Å². The van der Waals surface area contributed by atoms with Gasteiger partial charge < -0.3 is 18.9 Å². The first-order chi connectivity index (χ1) is 12.7. The first-order valence-electron chi connectivity index (χ1n) is 9.21. The number of ether oxygens (including phenoxy) is 2. The molecule has 0 bridgehead atoms. The number of carbonyl (C=O) groups is 1. The summed E-state index contributed by atoms with van der Waals surface area (Å²) >= 11 is 0. The van der Waals surface area contributed by atoms with E-state index in [1.54, 1.807) is 11.2 Å². The Hall–Kier alpha value is -2.34. The first kappa shape index (κ1) is 18.5. The van der Waals surface area contributed by atoms with Crippen LogP contribution in [0.25, 0.3) is 0 Å². The standard InChI is InChI=1S/C20H27N3O3/c1-3-26-18-6-4-16(5-7-18)12-22(2)20(24)14-23-13-19(21-15-23)17-8-10-25-11-9-17/h4-7,13,15,17H,3,8-12,14H2,1-2H3. The maximum absolute atomic E-state index is 12.5. The minimum absolute atomic E-state index is 0.0646. The summed E-state index contributed by atoms with van der Waals surface area (Å²) in [7, 11) is 1.83. The van der Waals surface area contributed by atoms with E-state index in [0.717, 1.165) is 43.1 Å². The molecule has 0 unspecified atom stereocenters. The molecule has 1 aliphatic heterocycles. The van der Waals surface area contributed by atoms with Crippen LogP contribution in [0.4, 0.5) is 0 Å². The highest BCUT2D eigenvalue weighted by Gasteiger charge is 2.19. The second-order valence-electron chi connectivity index (χ2n) is 6.68. The van der Waals surface area contributed by atoms with Gasteiger partial charge in [-0.3, -0.25) is 4.79 Å². The van der Waals surface area contributed by atoms with E-state index in [-0.39, 0.29) is 5.91 Å². The van der Waals surface area contributed by atoms with Gasteiger partial charge in [-0.1, -0.05) is 12.1 Å². The zero-order chi connectivity index (χ0) is 18.4. The maximum Gasteiger partial charge on any atom is 0.242 e. The summed E-state index contributed by atoms with van der Waals surface area (Å²) in [6.07, 6.45) is 5.76. The lowest BCUT2D eigenvalue weighted by atomic mass is 9.97. The average Bonchev–Trinajstić information content (AvgIpc) is 3.13. The molecule has 1 aromatic carbocycles. The molecule has 0 aliphatic carbocycles. The summed E-state index contributed by atoms with van der Waals surface area (Å²) in [5, 5.41) is 0. The largest absolute Gasteiger partial charge is 0.494 e. The number of nitrogens with zero attached hydrogens (tertiary/aromatic N) is 3. The number of imidazole rings is 1. The van der Waals surface area contributed by atoms with E-state index in [1.807, 2.05) is 49.0 Å². The molecule has 2 heterocycles. The third-order valence-electron chi connectivity index (χ3n) is 4.69. The van der Waals surface area contributed by atoms with Crippen molar-refractivity contribution in [3.8, 4) is 5.75 Å². The molecular weight excluding hydrogens is 330 g/mol. The third kappa shape index (κ3) is 4.85. The van der Waals surface area contributed by atoms with Gasteiger partial charge in [0, 0.05) is 38.9 Å². The van der Waals surface area contributed by atoms with Crippen LogP contribution in [0.15, 0.2) is 36.8 Å². The number of rotatable bonds is 7. The van der Waals surface area contributed by atoms with E-state index in [2.05, 4.69) is 4.98 Å². The third-order valence-corrected chi connectivity index (χ3v) is 4.69. The van der Waals surface area contributed by atoms with Gasteiger partial charge in [0.25, 0.3) is 0 Å². The Labute approximate surface area is 154 Å². The Bertz CT molecular complexity index is 705. The van der Waals surface area contributed by atoms with Crippen LogP contribution in [0.1, 0.15) is 36.9 Å². The van der Waals surface area contributed by atoms with Crippen molar-refractivity contribution in [2.45, 2.75) is 38.8 Å². The van der Waals surface area contributed by atoms with Crippen LogP contribution in [-0.4, -0.2) is 47.2 Å². The topological polar surface area (TPSA) is 56.6 Å². The van der Waals surface area contributed by atoms with Gasteiger partial charge in [0.1, 0.15) is 12.3 Å². The fourth-order valence-corrected chi connectivity index (χ4v) is 3.16. The summed E-state index contributed by atoms with van der Waals surface area (Å²) in [4.78, 5) is 18.7. The second-order valence-corrected chi connectivity index (χ2v) is 6.68. The molecule has 2 aromatic rings. The molecule has 6 heteroatoms. The second kappa shape index (κ2) is 8.85. The maximum atomic E-state index is 12.5. The molecule has 1 aromatic heterocycles. The lowest BCUT2D eigenvalue weighted by molar-refractivity contribution is -0.131. The number of benzene rings is 1. The van der Waals surface area contributed by atoms with Gasteiger partial charge in [0.2, 0.25) is 5.91 Å². The highest BCUT2D eigenvalue weighted by Crippen LogP contribution is 2.25. The van der Waals surface area contributed by atoms with Gasteiger partial charge in [0.05, 0.1) is 18.6 Å². The van der Waals surface area contributed by atoms with Crippen molar-refractivity contribution >= 4 is 5.91 Å². The highest BCUT2D eigenvalue weighted by atomic mass is 16.5. The number of hydrogen-bond acceptors (Lipinski definition) is 4. The van der Waals surface area contributed by atoms with Crippen LogP contribution in [0.2, 0.25) is 0 Å². The Morgan fingerprint density at radius 1 is 1.31 bits per heavy atom. The molecule has 0 N–H and O–H groups in total. The van der Waals surface area contributed by atoms with Crippen LogP contribution in [0.5, 0.6) is 5.75 Å². The highest BCUT2D eigenvalue weighted by molar-refractivity contribution is 5.75. The molecule has 1 aliphatic rings. The quantitative estimate of drug-likeness (QED) is 0.765. The number of aromatic nitrogens is 2. The Balaban J connectivity index is 1.53. The van der Waals surface area contributed by atoms with E-state index in [1.165, 1.54) is 0 Å². The van der Waals surface area contributed by atoms with E-state index in [4.69, 9.17) is 9.47 Å².